The lowest BCUT2D eigenvalue weighted by Gasteiger charge is -2.40. The van der Waals surface area contributed by atoms with Crippen LogP contribution in [0.5, 0.6) is 0 Å². The first-order valence-electron chi connectivity index (χ1n) is 50.3. The van der Waals surface area contributed by atoms with Crippen molar-refractivity contribution >= 4 is 82.3 Å². The first-order chi connectivity index (χ1) is 63.9. The Kier molecular flexibility index (Phi) is 56.1. The van der Waals surface area contributed by atoms with Gasteiger partial charge in [0.15, 0.2) is 0 Å². The maximum atomic E-state index is 13.5. The van der Waals surface area contributed by atoms with Gasteiger partial charge in [0, 0.05) is 24.9 Å². The molecule has 2 heterocycles. The smallest absolute Gasteiger partial charge is 0.411 e. The standard InChI is InChI=1S/C28H44N2O5.2C24H37NO3.C19H33NO4.C9H13NO2.2CH2Cl2/c1-28(2,3)35-27(34)30-17-16-21(15-14-20-10-6-4-7-11-20)18-24(30)26(33)29-23(19-31)25(32)22-12-8-5-9-13-22;2*26-17-22(23(27)20-11-5-2-6-12-20)25-24(28)21-13-7-10-19(16-21)15-14-18-8-3-1-4-9-18;1-19(2,3)24-18(23)20-12-11-15(13-16(20)17(21)22)10-9-14-7-5-4-6-8-14;10-8(6-11)9(12)7-4-2-1-3-5-7;2*2-1-3/h5,8-9,12-13,20-21,23-25,31-32H,4,6-7,10-11,14-19H2,1-3H3,(H,29,33);2*2,5-6,11-12,18-19,21-23,26-27H,1,3-4,7-10,13-17H2,(H,25,28);14-16H,4-13H2,1-3H3,(H,21,22);1-5,8-9,11-12H,6,10H2;2*1H2/t21?,23-,24?,25-;19-,21-,22+,23+;19-,21-,22-,23-;;8-,9-;;/m101.1../s1. The number of aliphatic carboxylic acids is 1. The SMILES string of the molecule is CC(C)(C)OC(=O)N1CCC(CCC2CCCCC2)CC1C(=O)N[C@H](CO)[C@H](O)c1ccccc1.CC(C)(C)OC(=O)N1CCC(CCC2CCCCC2)CC1C(=O)O.ClCCl.ClCCl.N[C@H](CO)[C@H](O)c1ccccc1.O=C(N[C@H](CO)[C@H](O)c1ccccc1)[C@@H]1CCC[C@H](CCC2CCCCC2)C1.O=C(N[C@H](CO)[C@H](O)c1ccccc1)[C@H]1CCC[C@@H](CCC2CCCCC2)C1. The highest BCUT2D eigenvalue weighted by Crippen LogP contribution is 2.41. The summed E-state index contributed by atoms with van der Waals surface area (Å²) in [5.41, 5.74) is 6.98. The number of alkyl halides is 4. The van der Waals surface area contributed by atoms with Crippen molar-refractivity contribution in [3.05, 3.63) is 144 Å². The second-order valence-electron chi connectivity index (χ2n) is 40.6. The number of nitrogens with one attached hydrogen (secondary N) is 3. The molecule has 0 aromatic heterocycles. The number of carboxylic acid groups (broad SMARTS) is 1. The number of carbonyl (C=O) groups excluding carboxylic acids is 5. The van der Waals surface area contributed by atoms with E-state index in [1.807, 2.05) is 106 Å². The van der Waals surface area contributed by atoms with Crippen LogP contribution in [0.2, 0.25) is 0 Å². The van der Waals surface area contributed by atoms with Crippen molar-refractivity contribution in [1.29, 1.82) is 0 Å². The molecular weight excluding hydrogens is 1770 g/mol. The zero-order valence-electron chi connectivity index (χ0n) is 80.8. The Balaban J connectivity index is 0.000000258. The van der Waals surface area contributed by atoms with Crippen LogP contribution < -0.4 is 21.7 Å². The molecule has 2 aliphatic heterocycles. The molecule has 8 aliphatic rings. The fourth-order valence-corrected chi connectivity index (χ4v) is 20.7. The van der Waals surface area contributed by atoms with E-state index < -0.39 is 96.6 Å². The zero-order valence-corrected chi connectivity index (χ0v) is 83.8. The summed E-state index contributed by atoms with van der Waals surface area (Å²) in [7, 11) is 0. The molecule has 16 atom stereocenters. The van der Waals surface area contributed by atoms with Crippen molar-refractivity contribution < 1.29 is 84.2 Å². The zero-order chi connectivity index (χ0) is 97.1. The van der Waals surface area contributed by atoms with Gasteiger partial charge in [-0.2, -0.15) is 0 Å². The van der Waals surface area contributed by atoms with Gasteiger partial charge < -0.3 is 77.1 Å². The van der Waals surface area contributed by atoms with Crippen LogP contribution in [-0.4, -0.2) is 189 Å². The van der Waals surface area contributed by atoms with Gasteiger partial charge in [-0.1, -0.05) is 327 Å². The number of carbonyl (C=O) groups is 6. The Hall–Kier alpha value is -5.90. The van der Waals surface area contributed by atoms with Gasteiger partial charge in [-0.15, -0.1) is 46.4 Å². The number of amides is 5. The van der Waals surface area contributed by atoms with Crippen molar-refractivity contribution in [1.82, 2.24) is 25.8 Å². The van der Waals surface area contributed by atoms with Crippen molar-refractivity contribution in [2.24, 2.45) is 64.9 Å². The Morgan fingerprint density at radius 2 is 0.594 bits per heavy atom. The molecule has 4 aromatic rings. The van der Waals surface area contributed by atoms with E-state index in [2.05, 4.69) is 16.0 Å². The Morgan fingerprint density at radius 3 is 0.865 bits per heavy atom. The first kappa shape index (κ1) is 116. The van der Waals surface area contributed by atoms with Crippen LogP contribution in [0.1, 0.15) is 345 Å². The molecule has 4 aromatic carbocycles. The highest BCUT2D eigenvalue weighted by atomic mass is 35.5. The third-order valence-corrected chi connectivity index (χ3v) is 28.3. The lowest BCUT2D eigenvalue weighted by molar-refractivity contribution is -0.145. The van der Waals surface area contributed by atoms with E-state index in [9.17, 15) is 69.6 Å². The monoisotopic (exact) mass is 1940 g/mol. The number of hydrogen-bond acceptors (Lipinski definition) is 17. The van der Waals surface area contributed by atoms with E-state index in [4.69, 9.17) is 66.7 Å². The summed E-state index contributed by atoms with van der Waals surface area (Å²) in [6.45, 7) is 10.7. The lowest BCUT2D eigenvalue weighted by Crippen LogP contribution is -2.57. The van der Waals surface area contributed by atoms with Crippen molar-refractivity contribution in [3.8, 4) is 0 Å². The molecule has 0 spiro atoms. The molecule has 2 saturated heterocycles. The summed E-state index contributed by atoms with van der Waals surface area (Å²) >= 11 is 19.1. The number of nitrogens with zero attached hydrogens (tertiary/aromatic N) is 2. The van der Waals surface area contributed by atoms with Gasteiger partial charge in [0.25, 0.3) is 0 Å². The number of rotatable bonds is 31. The molecule has 4 unspecified atom stereocenters. The molecule has 27 heteroatoms. The second kappa shape index (κ2) is 64.4. The normalized spacial score (nSPS) is 23.4. The maximum Gasteiger partial charge on any atom is 0.411 e. The Bertz CT molecular complexity index is 3680. The molecule has 0 bridgehead atoms. The minimum absolute atomic E-state index is 0.00334. The molecule has 6 saturated carbocycles. The fraction of sp³-hybridized carbons (Fsp3) is 0.717. The Labute approximate surface area is 816 Å². The summed E-state index contributed by atoms with van der Waals surface area (Å²) in [6, 6.07) is 32.3. The minimum Gasteiger partial charge on any atom is -0.480 e. The molecule has 0 radical (unpaired) electrons. The van der Waals surface area contributed by atoms with Crippen LogP contribution >= 0.6 is 46.4 Å². The molecule has 133 heavy (non-hydrogen) atoms. The summed E-state index contributed by atoms with van der Waals surface area (Å²) in [6.07, 6.45) is 43.7. The average molecular weight is 1940 g/mol. The van der Waals surface area contributed by atoms with Gasteiger partial charge >= 0.3 is 18.2 Å². The first-order valence-corrected chi connectivity index (χ1v) is 52.5. The van der Waals surface area contributed by atoms with Crippen LogP contribution in [0.3, 0.4) is 0 Å². The Morgan fingerprint density at radius 1 is 0.346 bits per heavy atom. The molecule has 14 N–H and O–H groups in total. The van der Waals surface area contributed by atoms with Crippen LogP contribution in [0, 0.1) is 59.2 Å². The van der Waals surface area contributed by atoms with Crippen LogP contribution in [-0.2, 0) is 28.7 Å². The van der Waals surface area contributed by atoms with Crippen molar-refractivity contribution in [3.63, 3.8) is 0 Å². The van der Waals surface area contributed by atoms with E-state index in [1.165, 1.54) is 190 Å². The van der Waals surface area contributed by atoms with E-state index in [0.29, 0.717) is 55.2 Å². The number of hydrogen-bond donors (Lipinski definition) is 13. The molecular formula is C106H168Cl4N6O17. The largest absolute Gasteiger partial charge is 0.480 e. The number of aliphatic hydroxyl groups excluding tert-OH is 8. The van der Waals surface area contributed by atoms with E-state index >= 15 is 0 Å². The van der Waals surface area contributed by atoms with Crippen molar-refractivity contribution in [2.75, 3.05) is 50.2 Å². The number of likely N-dealkylation sites (tertiary alicyclic amines) is 2. The number of carboxylic acids is 1. The average Bonchev–Trinajstić information content (AvgIpc) is 0.825. The van der Waals surface area contributed by atoms with Gasteiger partial charge in [0.1, 0.15) is 41.6 Å². The fourth-order valence-electron chi connectivity index (χ4n) is 20.7. The molecule has 6 aliphatic carbocycles. The van der Waals surface area contributed by atoms with Gasteiger partial charge in [-0.05, 0) is 163 Å². The number of aliphatic hydroxyl groups is 8. The number of ether oxygens (including phenoxy) is 2. The molecule has 752 valence electrons. The van der Waals surface area contributed by atoms with Crippen LogP contribution in [0.4, 0.5) is 9.59 Å². The van der Waals surface area contributed by atoms with Gasteiger partial charge in [0.05, 0.1) is 67.4 Å². The van der Waals surface area contributed by atoms with Gasteiger partial charge in [-0.3, -0.25) is 24.2 Å². The van der Waals surface area contributed by atoms with Gasteiger partial charge in [0.2, 0.25) is 17.7 Å². The number of benzene rings is 4. The minimum atomic E-state index is -1.05. The predicted molar refractivity (Wildman–Crippen MR) is 532 cm³/mol. The molecule has 23 nitrogen and oxygen atoms in total. The van der Waals surface area contributed by atoms with E-state index in [1.54, 1.807) is 57.2 Å². The third kappa shape index (κ3) is 44.0. The van der Waals surface area contributed by atoms with E-state index in [-0.39, 0.29) is 60.1 Å². The second-order valence-corrected chi connectivity index (χ2v) is 42.3. The summed E-state index contributed by atoms with van der Waals surface area (Å²) in [5.74, 6) is 4.24. The maximum absolute atomic E-state index is 13.5. The summed E-state index contributed by atoms with van der Waals surface area (Å²) in [4.78, 5) is 78.9. The topological polar surface area (TPSA) is 372 Å². The highest BCUT2D eigenvalue weighted by molar-refractivity contribution is 6.41. The number of halogens is 4. The van der Waals surface area contributed by atoms with Crippen molar-refractivity contribution in [2.45, 2.75) is 370 Å². The molecule has 12 rings (SSSR count). The number of piperidine rings is 2. The third-order valence-electron chi connectivity index (χ3n) is 28.3. The van der Waals surface area contributed by atoms with E-state index in [0.717, 1.165) is 105 Å². The summed E-state index contributed by atoms with van der Waals surface area (Å²) < 4.78 is 11.0. The molecule has 8 fully saturated rings. The quantitative estimate of drug-likeness (QED) is 0.0208. The number of nitrogens with two attached hydrogens (primary N) is 1. The highest BCUT2D eigenvalue weighted by Gasteiger charge is 2.42. The van der Waals surface area contributed by atoms with Crippen LogP contribution in [0.15, 0.2) is 121 Å². The predicted octanol–water partition coefficient (Wildman–Crippen LogP) is 20.6. The van der Waals surface area contributed by atoms with Crippen LogP contribution in [0.25, 0.3) is 0 Å². The van der Waals surface area contributed by atoms with Gasteiger partial charge in [-0.25, -0.2) is 14.4 Å². The lowest BCUT2D eigenvalue weighted by atomic mass is 9.76. The molecule has 5 amide bonds. The summed E-state index contributed by atoms with van der Waals surface area (Å²) in [5, 5.41) is 98.0.